The van der Waals surface area contributed by atoms with Crippen molar-refractivity contribution < 1.29 is 27.3 Å². The van der Waals surface area contributed by atoms with Gasteiger partial charge in [-0.25, -0.2) is 4.39 Å². The number of amides is 1. The topological polar surface area (TPSA) is 72.2 Å². The zero-order valence-electron chi connectivity index (χ0n) is 16.4. The van der Waals surface area contributed by atoms with Gasteiger partial charge in [-0.3, -0.25) is 14.9 Å². The number of nitrogens with one attached hydrogen (secondary N) is 1. The van der Waals surface area contributed by atoms with Crippen molar-refractivity contribution in [2.45, 2.75) is 38.3 Å². The summed E-state index contributed by atoms with van der Waals surface area (Å²) in [6.45, 7) is 0. The molecule has 0 spiro atoms. The molecule has 1 amide bonds. The van der Waals surface area contributed by atoms with Gasteiger partial charge in [0.2, 0.25) is 5.91 Å². The molecule has 0 aromatic heterocycles. The van der Waals surface area contributed by atoms with Gasteiger partial charge in [-0.15, -0.1) is 0 Å². The average molecular weight is 436 g/mol. The Morgan fingerprint density at radius 3 is 2.48 bits per heavy atom. The van der Waals surface area contributed by atoms with Gasteiger partial charge in [0, 0.05) is 11.6 Å². The summed E-state index contributed by atoms with van der Waals surface area (Å²) in [5.41, 5.74) is -3.15. The number of hydrogen-bond donors (Lipinski definition) is 1. The number of hydrogen-bond acceptors (Lipinski definition) is 3. The highest BCUT2D eigenvalue weighted by Gasteiger charge is 2.35. The quantitative estimate of drug-likeness (QED) is 0.252. The fourth-order valence-corrected chi connectivity index (χ4v) is 3.72. The zero-order valence-corrected chi connectivity index (χ0v) is 16.4. The number of anilines is 1. The normalized spacial score (nSPS) is 15.2. The molecule has 1 saturated carbocycles. The van der Waals surface area contributed by atoms with Crippen LogP contribution in [-0.4, -0.2) is 10.8 Å². The van der Waals surface area contributed by atoms with Crippen molar-refractivity contribution in [3.05, 3.63) is 70.0 Å². The van der Waals surface area contributed by atoms with Gasteiger partial charge >= 0.3 is 6.18 Å². The molecule has 1 aliphatic rings. The minimum Gasteiger partial charge on any atom is -0.317 e. The number of benzene rings is 2. The molecule has 1 N–H and O–H groups in total. The number of alkyl halides is 3. The third-order valence-corrected chi connectivity index (χ3v) is 5.23. The lowest BCUT2D eigenvalue weighted by Crippen LogP contribution is -2.12. The molecule has 0 heterocycles. The van der Waals surface area contributed by atoms with Crippen LogP contribution in [-0.2, 0) is 11.0 Å². The number of nitro groups is 1. The van der Waals surface area contributed by atoms with Gasteiger partial charge in [-0.2, -0.15) is 13.2 Å². The molecule has 2 aromatic rings. The molecule has 0 bridgehead atoms. The molecule has 5 nitrogen and oxygen atoms in total. The second-order valence-electron chi connectivity index (χ2n) is 7.40. The maximum Gasteiger partial charge on any atom is 0.417 e. The molecule has 0 aliphatic heterocycles. The molecule has 0 radical (unpaired) electrons. The molecule has 1 aliphatic carbocycles. The first-order valence-corrected chi connectivity index (χ1v) is 9.80. The molecule has 3 rings (SSSR count). The van der Waals surface area contributed by atoms with Crippen LogP contribution >= 0.6 is 0 Å². The third kappa shape index (κ3) is 5.48. The number of nitrogens with zero attached hydrogens (tertiary/aromatic N) is 1. The van der Waals surface area contributed by atoms with Gasteiger partial charge in [-0.05, 0) is 48.6 Å². The summed E-state index contributed by atoms with van der Waals surface area (Å²) in [5.74, 6) is -1.46. The summed E-state index contributed by atoms with van der Waals surface area (Å²) < 4.78 is 54.1. The fraction of sp³-hybridized carbons (Fsp3) is 0.318. The second kappa shape index (κ2) is 9.28. The average Bonchev–Trinajstić information content (AvgIpc) is 2.72. The molecule has 0 atom stereocenters. The van der Waals surface area contributed by atoms with E-state index in [1.54, 1.807) is 6.08 Å². The lowest BCUT2D eigenvalue weighted by atomic mass is 9.89. The first-order chi connectivity index (χ1) is 14.7. The third-order valence-electron chi connectivity index (χ3n) is 5.23. The van der Waals surface area contributed by atoms with Gasteiger partial charge in [-0.1, -0.05) is 37.5 Å². The van der Waals surface area contributed by atoms with Crippen LogP contribution in [0.5, 0.6) is 0 Å². The van der Waals surface area contributed by atoms with Crippen molar-refractivity contribution >= 4 is 17.3 Å². The van der Waals surface area contributed by atoms with Gasteiger partial charge in [0.1, 0.15) is 11.5 Å². The van der Waals surface area contributed by atoms with E-state index in [0.29, 0.717) is 6.07 Å². The van der Waals surface area contributed by atoms with Crippen molar-refractivity contribution in [1.82, 2.24) is 0 Å². The summed E-state index contributed by atoms with van der Waals surface area (Å²) in [7, 11) is 0. The predicted octanol–water partition coefficient (Wildman–Crippen LogP) is 6.49. The molecular weight excluding hydrogens is 416 g/mol. The largest absolute Gasteiger partial charge is 0.417 e. The van der Waals surface area contributed by atoms with E-state index < -0.39 is 39.6 Å². The summed E-state index contributed by atoms with van der Waals surface area (Å²) in [6, 6.07) is 5.52. The van der Waals surface area contributed by atoms with Crippen LogP contribution in [0.1, 0.15) is 37.7 Å². The second-order valence-corrected chi connectivity index (χ2v) is 7.40. The van der Waals surface area contributed by atoms with E-state index in [-0.39, 0.29) is 17.2 Å². The van der Waals surface area contributed by atoms with Crippen LogP contribution in [0.25, 0.3) is 11.1 Å². The maximum atomic E-state index is 14.2. The highest BCUT2D eigenvalue weighted by molar-refractivity contribution is 6.01. The number of allylic oxidation sites excluding steroid dienone is 1. The Balaban J connectivity index is 1.90. The van der Waals surface area contributed by atoms with E-state index in [0.717, 1.165) is 62.4 Å². The Bertz CT molecular complexity index is 1010. The van der Waals surface area contributed by atoms with Gasteiger partial charge in [0.25, 0.3) is 5.69 Å². The number of carbonyl (C=O) groups is 1. The van der Waals surface area contributed by atoms with Gasteiger partial charge < -0.3 is 5.32 Å². The number of rotatable bonds is 5. The van der Waals surface area contributed by atoms with Crippen molar-refractivity contribution in [1.29, 1.82) is 0 Å². The Hall–Kier alpha value is -3.23. The van der Waals surface area contributed by atoms with E-state index in [1.807, 2.05) is 0 Å². The van der Waals surface area contributed by atoms with Crippen molar-refractivity contribution in [3.63, 3.8) is 0 Å². The smallest absolute Gasteiger partial charge is 0.317 e. The maximum absolute atomic E-state index is 14.2. The number of carbonyl (C=O) groups excluding carboxylic acids is 1. The van der Waals surface area contributed by atoms with Crippen LogP contribution in [0.3, 0.4) is 0 Å². The molecule has 164 valence electrons. The minimum absolute atomic E-state index is 0.183. The summed E-state index contributed by atoms with van der Waals surface area (Å²) in [4.78, 5) is 22.8. The molecule has 9 heteroatoms. The van der Waals surface area contributed by atoms with E-state index in [1.165, 1.54) is 6.08 Å². The lowest BCUT2D eigenvalue weighted by Gasteiger charge is -2.17. The number of nitro benzene ring substituents is 1. The Morgan fingerprint density at radius 2 is 1.84 bits per heavy atom. The Morgan fingerprint density at radius 1 is 1.13 bits per heavy atom. The van der Waals surface area contributed by atoms with E-state index in [9.17, 15) is 32.5 Å². The van der Waals surface area contributed by atoms with Crippen molar-refractivity contribution in [2.24, 2.45) is 5.92 Å². The van der Waals surface area contributed by atoms with E-state index >= 15 is 0 Å². The first kappa shape index (κ1) is 22.5. The van der Waals surface area contributed by atoms with Crippen molar-refractivity contribution in [3.8, 4) is 11.1 Å². The zero-order chi connectivity index (χ0) is 22.6. The molecule has 31 heavy (non-hydrogen) atoms. The van der Waals surface area contributed by atoms with Crippen LogP contribution in [0.4, 0.5) is 28.9 Å². The van der Waals surface area contributed by atoms with E-state index in [4.69, 9.17) is 0 Å². The van der Waals surface area contributed by atoms with Crippen LogP contribution in [0, 0.1) is 21.8 Å². The van der Waals surface area contributed by atoms with Crippen molar-refractivity contribution in [2.75, 3.05) is 5.32 Å². The molecule has 1 fully saturated rings. The predicted molar refractivity (Wildman–Crippen MR) is 108 cm³/mol. The Kier molecular flexibility index (Phi) is 6.72. The first-order valence-electron chi connectivity index (χ1n) is 9.80. The SMILES string of the molecule is O=C(C=CC1CCCCC1)Nc1ccc(-c2c(F)cccc2C(F)(F)F)cc1[N+](=O)[O-]. The van der Waals surface area contributed by atoms with Crippen LogP contribution < -0.4 is 5.32 Å². The lowest BCUT2D eigenvalue weighted by molar-refractivity contribution is -0.383. The molecule has 0 saturated heterocycles. The van der Waals surface area contributed by atoms with Crippen LogP contribution in [0.15, 0.2) is 48.6 Å². The molecule has 0 unspecified atom stereocenters. The summed E-state index contributed by atoms with van der Waals surface area (Å²) in [6.07, 6.45) is 3.51. The highest BCUT2D eigenvalue weighted by atomic mass is 19.4. The summed E-state index contributed by atoms with van der Waals surface area (Å²) in [5, 5.41) is 13.9. The molecule has 2 aromatic carbocycles. The van der Waals surface area contributed by atoms with Crippen LogP contribution in [0.2, 0.25) is 0 Å². The molecular formula is C22H20F4N2O3. The van der Waals surface area contributed by atoms with Gasteiger partial charge in [0.15, 0.2) is 0 Å². The highest BCUT2D eigenvalue weighted by Crippen LogP contribution is 2.40. The van der Waals surface area contributed by atoms with E-state index in [2.05, 4.69) is 5.32 Å². The number of halogens is 4. The standard InChI is InChI=1S/C22H20F4N2O3/c23-17-8-4-7-16(22(24,25)26)21(17)15-10-11-18(19(13-15)28(30)31)27-20(29)12-9-14-5-2-1-3-6-14/h4,7-14H,1-3,5-6H2,(H,27,29). The Labute approximate surface area is 175 Å². The monoisotopic (exact) mass is 436 g/mol. The summed E-state index contributed by atoms with van der Waals surface area (Å²) >= 11 is 0. The minimum atomic E-state index is -4.84. The fourth-order valence-electron chi connectivity index (χ4n) is 3.72. The van der Waals surface area contributed by atoms with Gasteiger partial charge in [0.05, 0.1) is 10.5 Å².